The van der Waals surface area contributed by atoms with Gasteiger partial charge in [0.2, 0.25) is 0 Å². The first kappa shape index (κ1) is 26.3. The molecule has 1 heterocycles. The summed E-state index contributed by atoms with van der Waals surface area (Å²) < 4.78 is 6.75. The highest BCUT2D eigenvalue weighted by Gasteiger charge is 2.25. The number of nitrogens with one attached hydrogen (secondary N) is 2. The van der Waals surface area contributed by atoms with Crippen molar-refractivity contribution < 1.29 is 14.3 Å². The van der Waals surface area contributed by atoms with Crippen LogP contribution < -0.4 is 15.5 Å². The number of methoxy groups -OCH3 is 1. The predicted molar refractivity (Wildman–Crippen MR) is 150 cm³/mol. The zero-order chi connectivity index (χ0) is 26.4. The Morgan fingerprint density at radius 3 is 2.43 bits per heavy atom. The Kier molecular flexibility index (Phi) is 8.54. The summed E-state index contributed by atoms with van der Waals surface area (Å²) in [6.07, 6.45) is 7.84. The first-order valence-corrected chi connectivity index (χ1v) is 13.2. The van der Waals surface area contributed by atoms with Gasteiger partial charge in [0.25, 0.3) is 0 Å². The lowest BCUT2D eigenvalue weighted by atomic mass is 9.93. The topological polar surface area (TPSA) is 75.6 Å². The number of ether oxygens (including phenoxy) is 1. The normalized spacial score (nSPS) is 13.9. The fraction of sp³-hybridized carbons (Fsp3) is 0.400. The Balaban J connectivity index is 1.72. The van der Waals surface area contributed by atoms with Crippen LogP contribution in [0.3, 0.4) is 0 Å². The van der Waals surface area contributed by atoms with E-state index in [0.29, 0.717) is 23.3 Å². The van der Waals surface area contributed by atoms with Gasteiger partial charge in [0.1, 0.15) is 5.69 Å². The molecule has 1 aromatic heterocycles. The molecule has 2 N–H and O–H groups in total. The molecule has 3 aromatic rings. The van der Waals surface area contributed by atoms with Crippen LogP contribution in [0.1, 0.15) is 62.0 Å². The van der Waals surface area contributed by atoms with Crippen LogP contribution in [-0.4, -0.2) is 36.3 Å². The molecule has 7 nitrogen and oxygen atoms in total. The monoisotopic (exact) mass is 502 g/mol. The van der Waals surface area contributed by atoms with Crippen molar-refractivity contribution in [1.82, 2.24) is 4.57 Å². The van der Waals surface area contributed by atoms with Crippen molar-refractivity contribution in [1.29, 1.82) is 0 Å². The van der Waals surface area contributed by atoms with Crippen molar-refractivity contribution in [2.75, 3.05) is 29.2 Å². The van der Waals surface area contributed by atoms with Gasteiger partial charge in [-0.3, -0.25) is 0 Å². The predicted octanol–water partition coefficient (Wildman–Crippen LogP) is 7.01. The van der Waals surface area contributed by atoms with Crippen molar-refractivity contribution in [3.05, 3.63) is 72.1 Å². The molecule has 37 heavy (non-hydrogen) atoms. The summed E-state index contributed by atoms with van der Waals surface area (Å²) in [4.78, 5) is 27.9. The molecular formula is C30H38N4O3. The lowest BCUT2D eigenvalue weighted by Crippen LogP contribution is -2.40. The molecular weight excluding hydrogens is 464 g/mol. The van der Waals surface area contributed by atoms with E-state index in [2.05, 4.69) is 35.4 Å². The van der Waals surface area contributed by atoms with Crippen molar-refractivity contribution in [2.45, 2.75) is 58.9 Å². The molecule has 0 atom stereocenters. The number of carbonyl (C=O) groups is 2. The van der Waals surface area contributed by atoms with Gasteiger partial charge < -0.3 is 24.8 Å². The highest BCUT2D eigenvalue weighted by molar-refractivity contribution is 6.02. The van der Waals surface area contributed by atoms with Gasteiger partial charge >= 0.3 is 12.0 Å². The van der Waals surface area contributed by atoms with E-state index in [1.165, 1.54) is 26.4 Å². The standard InChI is InChI=1S/C30H38N4O3/c1-21(2)20-34(24-9-6-5-7-10-24)27-17-16-25(33-18-8-11-28(33)29(35)37-4)19-26(27)32-30(36)31-23-14-12-22(3)13-15-23/h8,11-19,21,24H,5-7,9-10,20H2,1-4H3,(H2,31,32,36). The Morgan fingerprint density at radius 2 is 1.76 bits per heavy atom. The highest BCUT2D eigenvalue weighted by atomic mass is 16.5. The van der Waals surface area contributed by atoms with E-state index in [1.54, 1.807) is 10.6 Å². The fourth-order valence-electron chi connectivity index (χ4n) is 5.05. The molecule has 2 aromatic carbocycles. The second kappa shape index (κ2) is 12.0. The molecule has 0 saturated heterocycles. The number of urea groups is 1. The summed E-state index contributed by atoms with van der Waals surface area (Å²) in [5.41, 5.74) is 4.76. The maximum absolute atomic E-state index is 13.1. The first-order valence-electron chi connectivity index (χ1n) is 13.2. The van der Waals surface area contributed by atoms with Crippen LogP contribution >= 0.6 is 0 Å². The summed E-state index contributed by atoms with van der Waals surface area (Å²) in [7, 11) is 1.37. The van der Waals surface area contributed by atoms with E-state index in [9.17, 15) is 9.59 Å². The van der Waals surface area contributed by atoms with Crippen LogP contribution in [0.25, 0.3) is 5.69 Å². The number of anilines is 3. The number of esters is 1. The number of amides is 2. The van der Waals surface area contributed by atoms with E-state index >= 15 is 0 Å². The maximum atomic E-state index is 13.1. The third-order valence-corrected chi connectivity index (χ3v) is 6.85. The molecule has 0 unspecified atom stereocenters. The summed E-state index contributed by atoms with van der Waals surface area (Å²) in [6.45, 7) is 7.36. The Bertz CT molecular complexity index is 1210. The van der Waals surface area contributed by atoms with Crippen molar-refractivity contribution >= 4 is 29.1 Å². The van der Waals surface area contributed by atoms with Crippen LogP contribution in [-0.2, 0) is 4.74 Å². The molecule has 196 valence electrons. The summed E-state index contributed by atoms with van der Waals surface area (Å²) in [6, 6.07) is 17.4. The van der Waals surface area contributed by atoms with E-state index in [0.717, 1.165) is 42.0 Å². The first-order chi connectivity index (χ1) is 17.9. The SMILES string of the molecule is COC(=O)c1cccn1-c1ccc(N(CC(C)C)C2CCCCC2)c(NC(=O)Nc2ccc(C)cc2)c1. The summed E-state index contributed by atoms with van der Waals surface area (Å²) in [5.74, 6) is 0.0514. The number of hydrogen-bond acceptors (Lipinski definition) is 4. The molecule has 4 rings (SSSR count). The van der Waals surface area contributed by atoms with Crippen molar-refractivity contribution in [3.63, 3.8) is 0 Å². The molecule has 0 aliphatic heterocycles. The van der Waals surface area contributed by atoms with E-state index in [4.69, 9.17) is 4.74 Å². The zero-order valence-electron chi connectivity index (χ0n) is 22.3. The molecule has 1 saturated carbocycles. The second-order valence-corrected chi connectivity index (χ2v) is 10.2. The van der Waals surface area contributed by atoms with Crippen LogP contribution in [0.2, 0.25) is 0 Å². The number of carbonyl (C=O) groups excluding carboxylic acids is 2. The lowest BCUT2D eigenvalue weighted by Gasteiger charge is -2.38. The van der Waals surface area contributed by atoms with Gasteiger partial charge in [0, 0.05) is 30.2 Å². The van der Waals surface area contributed by atoms with Gasteiger partial charge in [-0.15, -0.1) is 0 Å². The number of nitrogens with zero attached hydrogens (tertiary/aromatic N) is 2. The van der Waals surface area contributed by atoms with Crippen LogP contribution in [0.4, 0.5) is 21.9 Å². The fourth-order valence-corrected chi connectivity index (χ4v) is 5.05. The molecule has 0 radical (unpaired) electrons. The molecule has 1 aliphatic rings. The second-order valence-electron chi connectivity index (χ2n) is 10.2. The number of hydrogen-bond donors (Lipinski definition) is 2. The third kappa shape index (κ3) is 6.53. The molecule has 2 amide bonds. The zero-order valence-corrected chi connectivity index (χ0v) is 22.3. The van der Waals surface area contributed by atoms with Gasteiger partial charge in [0.15, 0.2) is 0 Å². The highest BCUT2D eigenvalue weighted by Crippen LogP contribution is 2.35. The number of aromatic nitrogens is 1. The Labute approximate surface area is 219 Å². The average Bonchev–Trinajstić information content (AvgIpc) is 3.39. The summed E-state index contributed by atoms with van der Waals surface area (Å²) >= 11 is 0. The summed E-state index contributed by atoms with van der Waals surface area (Å²) in [5, 5.41) is 6.06. The van der Waals surface area contributed by atoms with Crippen LogP contribution in [0, 0.1) is 12.8 Å². The smallest absolute Gasteiger partial charge is 0.355 e. The van der Waals surface area contributed by atoms with Crippen LogP contribution in [0.15, 0.2) is 60.8 Å². The van der Waals surface area contributed by atoms with E-state index in [1.807, 2.05) is 55.6 Å². The minimum Gasteiger partial charge on any atom is -0.464 e. The van der Waals surface area contributed by atoms with E-state index < -0.39 is 5.97 Å². The minimum absolute atomic E-state index is 0.309. The number of benzene rings is 2. The maximum Gasteiger partial charge on any atom is 0.355 e. The molecule has 1 fully saturated rings. The lowest BCUT2D eigenvalue weighted by molar-refractivity contribution is 0.0591. The van der Waals surface area contributed by atoms with E-state index in [-0.39, 0.29) is 6.03 Å². The van der Waals surface area contributed by atoms with Gasteiger partial charge in [-0.05, 0) is 68.1 Å². The van der Waals surface area contributed by atoms with Crippen molar-refractivity contribution in [2.24, 2.45) is 5.92 Å². The minimum atomic E-state index is -0.413. The van der Waals surface area contributed by atoms with Crippen LogP contribution in [0.5, 0.6) is 0 Å². The third-order valence-electron chi connectivity index (χ3n) is 6.85. The Morgan fingerprint density at radius 1 is 1.03 bits per heavy atom. The molecule has 1 aliphatic carbocycles. The Hall–Kier alpha value is -3.74. The van der Waals surface area contributed by atoms with Gasteiger partial charge in [-0.1, -0.05) is 50.8 Å². The molecule has 7 heteroatoms. The quantitative estimate of drug-likeness (QED) is 0.325. The van der Waals surface area contributed by atoms with Gasteiger partial charge in [0.05, 0.1) is 18.5 Å². The van der Waals surface area contributed by atoms with Gasteiger partial charge in [-0.2, -0.15) is 0 Å². The largest absolute Gasteiger partial charge is 0.464 e. The van der Waals surface area contributed by atoms with Crippen molar-refractivity contribution in [3.8, 4) is 5.69 Å². The molecule has 0 spiro atoms. The number of rotatable bonds is 8. The van der Waals surface area contributed by atoms with Gasteiger partial charge in [-0.25, -0.2) is 9.59 Å². The number of aryl methyl sites for hydroxylation is 1. The molecule has 0 bridgehead atoms. The average molecular weight is 503 g/mol.